The van der Waals surface area contributed by atoms with E-state index in [1.54, 1.807) is 30.1 Å². The van der Waals surface area contributed by atoms with Crippen molar-refractivity contribution in [2.24, 2.45) is 5.41 Å². The Morgan fingerprint density at radius 2 is 2.07 bits per heavy atom. The molecule has 2 aromatic rings. The number of hydrogen-bond donors (Lipinski definition) is 1. The summed E-state index contributed by atoms with van der Waals surface area (Å²) in [5.74, 6) is 1.43. The normalized spacial score (nSPS) is 17.3. The van der Waals surface area contributed by atoms with E-state index in [2.05, 4.69) is 26.3 Å². The van der Waals surface area contributed by atoms with Crippen LogP contribution in [-0.2, 0) is 4.79 Å². The van der Waals surface area contributed by atoms with Gasteiger partial charge in [-0.05, 0) is 47.5 Å². The first-order valence-electron chi connectivity index (χ1n) is 9.47. The van der Waals surface area contributed by atoms with Crippen LogP contribution in [0.4, 0.5) is 10.9 Å². The molecule has 0 aliphatic carbocycles. The van der Waals surface area contributed by atoms with Crippen molar-refractivity contribution in [1.82, 2.24) is 19.9 Å². The number of rotatable bonds is 4. The lowest BCUT2D eigenvalue weighted by molar-refractivity contribution is -0.138. The Hall–Kier alpha value is -2.53. The highest BCUT2D eigenvalue weighted by Gasteiger charge is 2.35. The quantitative estimate of drug-likeness (QED) is 0.840. The molecule has 1 aliphatic rings. The fourth-order valence-electron chi connectivity index (χ4n) is 3.35. The SMILES string of the molecule is Cc1nc(Nc2nc(C)c(C)s2)cc(C2CCCN(C(=O)C(C)(C)C#N)C2)n1. The average Bonchev–Trinajstić information content (AvgIpc) is 2.97. The fraction of sp³-hybridized carbons (Fsp3) is 0.550. The van der Waals surface area contributed by atoms with Gasteiger partial charge in [0.15, 0.2) is 5.13 Å². The van der Waals surface area contributed by atoms with Gasteiger partial charge in [-0.25, -0.2) is 15.0 Å². The highest BCUT2D eigenvalue weighted by Crippen LogP contribution is 2.31. The average molecular weight is 399 g/mol. The number of aromatic nitrogens is 3. The minimum Gasteiger partial charge on any atom is -0.341 e. The number of thiazole rings is 1. The van der Waals surface area contributed by atoms with Gasteiger partial charge < -0.3 is 10.2 Å². The lowest BCUT2D eigenvalue weighted by atomic mass is 9.89. The van der Waals surface area contributed by atoms with Crippen molar-refractivity contribution in [2.75, 3.05) is 18.4 Å². The molecule has 7 nitrogen and oxygen atoms in total. The van der Waals surface area contributed by atoms with Gasteiger partial charge in [0.1, 0.15) is 17.1 Å². The van der Waals surface area contributed by atoms with Crippen LogP contribution in [0.5, 0.6) is 0 Å². The maximum Gasteiger partial charge on any atom is 0.242 e. The van der Waals surface area contributed by atoms with E-state index in [1.165, 1.54) is 4.88 Å². The Morgan fingerprint density at radius 1 is 1.32 bits per heavy atom. The third-order valence-corrected chi connectivity index (χ3v) is 6.05. The lowest BCUT2D eigenvalue weighted by Crippen LogP contribution is -2.45. The molecule has 0 aromatic carbocycles. The Balaban J connectivity index is 1.80. The standard InChI is InChI=1S/C20H26N6OS/c1-12-13(2)28-19(22-12)25-17-9-16(23-14(3)24-17)15-7-6-8-26(10-15)18(27)20(4,5)11-21/h9,15H,6-8,10H2,1-5H3,(H,22,23,24,25). The van der Waals surface area contributed by atoms with E-state index in [-0.39, 0.29) is 11.8 Å². The topological polar surface area (TPSA) is 94.8 Å². The first-order chi connectivity index (χ1) is 13.2. The van der Waals surface area contributed by atoms with Gasteiger partial charge >= 0.3 is 0 Å². The lowest BCUT2D eigenvalue weighted by Gasteiger charge is -2.35. The summed E-state index contributed by atoms with van der Waals surface area (Å²) in [6.45, 7) is 10.5. The van der Waals surface area contributed by atoms with Gasteiger partial charge in [-0.15, -0.1) is 11.3 Å². The van der Waals surface area contributed by atoms with Gasteiger partial charge in [-0.3, -0.25) is 4.79 Å². The summed E-state index contributed by atoms with van der Waals surface area (Å²) in [4.78, 5) is 29.3. The van der Waals surface area contributed by atoms with Crippen LogP contribution in [0.1, 0.15) is 54.7 Å². The molecule has 3 rings (SSSR count). The number of likely N-dealkylation sites (tertiary alicyclic amines) is 1. The summed E-state index contributed by atoms with van der Waals surface area (Å²) in [5.41, 5.74) is 0.934. The molecule has 3 heterocycles. The Bertz CT molecular complexity index is 910. The van der Waals surface area contributed by atoms with Crippen LogP contribution < -0.4 is 5.32 Å². The molecule has 28 heavy (non-hydrogen) atoms. The summed E-state index contributed by atoms with van der Waals surface area (Å²) in [7, 11) is 0. The number of anilines is 2. The Morgan fingerprint density at radius 3 is 2.71 bits per heavy atom. The predicted octanol–water partition coefficient (Wildman–Crippen LogP) is 3.86. The highest BCUT2D eigenvalue weighted by molar-refractivity contribution is 7.15. The first-order valence-corrected chi connectivity index (χ1v) is 10.3. The summed E-state index contributed by atoms with van der Waals surface area (Å²) in [6, 6.07) is 4.06. The van der Waals surface area contributed by atoms with Crippen LogP contribution in [-0.4, -0.2) is 38.8 Å². The predicted molar refractivity (Wildman–Crippen MR) is 110 cm³/mol. The molecule has 8 heteroatoms. The summed E-state index contributed by atoms with van der Waals surface area (Å²) in [6.07, 6.45) is 1.86. The van der Waals surface area contributed by atoms with Crippen LogP contribution in [0.2, 0.25) is 0 Å². The zero-order valence-electron chi connectivity index (χ0n) is 17.0. The molecule has 1 amide bonds. The van der Waals surface area contributed by atoms with Crippen molar-refractivity contribution in [1.29, 1.82) is 5.26 Å². The summed E-state index contributed by atoms with van der Waals surface area (Å²) in [5, 5.41) is 13.4. The number of aryl methyl sites for hydroxylation is 3. The van der Waals surface area contributed by atoms with E-state index < -0.39 is 5.41 Å². The molecule has 1 aliphatic heterocycles. The smallest absolute Gasteiger partial charge is 0.242 e. The van der Waals surface area contributed by atoms with E-state index in [4.69, 9.17) is 0 Å². The number of amides is 1. The van der Waals surface area contributed by atoms with E-state index in [0.717, 1.165) is 35.2 Å². The van der Waals surface area contributed by atoms with E-state index >= 15 is 0 Å². The molecule has 0 saturated carbocycles. The number of piperidine rings is 1. The van der Waals surface area contributed by atoms with Crippen LogP contribution >= 0.6 is 11.3 Å². The first kappa shape index (κ1) is 20.2. The zero-order chi connectivity index (χ0) is 20.5. The largest absolute Gasteiger partial charge is 0.341 e. The van der Waals surface area contributed by atoms with Gasteiger partial charge in [0.2, 0.25) is 5.91 Å². The second-order valence-electron chi connectivity index (χ2n) is 7.84. The molecular weight excluding hydrogens is 372 g/mol. The second-order valence-corrected chi connectivity index (χ2v) is 9.04. The monoisotopic (exact) mass is 398 g/mol. The number of carbonyl (C=O) groups excluding carboxylic acids is 1. The van der Waals surface area contributed by atoms with Crippen molar-refractivity contribution < 1.29 is 4.79 Å². The molecule has 0 radical (unpaired) electrons. The van der Waals surface area contributed by atoms with Gasteiger partial charge in [-0.1, -0.05) is 0 Å². The number of nitriles is 1. The fourth-order valence-corrected chi connectivity index (χ4v) is 4.17. The molecule has 148 valence electrons. The minimum absolute atomic E-state index is 0.113. The van der Waals surface area contributed by atoms with Crippen molar-refractivity contribution in [3.05, 3.63) is 28.2 Å². The van der Waals surface area contributed by atoms with Crippen LogP contribution in [0.3, 0.4) is 0 Å². The second kappa shape index (κ2) is 7.84. The third kappa shape index (κ3) is 4.30. The van der Waals surface area contributed by atoms with Gasteiger partial charge in [0, 0.05) is 30.0 Å². The molecule has 2 aromatic heterocycles. The molecule has 1 N–H and O–H groups in total. The maximum atomic E-state index is 12.7. The molecule has 1 saturated heterocycles. The van der Waals surface area contributed by atoms with Crippen molar-refractivity contribution in [3.63, 3.8) is 0 Å². The Labute approximate surface area is 169 Å². The van der Waals surface area contributed by atoms with Gasteiger partial charge in [-0.2, -0.15) is 5.26 Å². The van der Waals surface area contributed by atoms with Crippen LogP contribution in [0, 0.1) is 37.5 Å². The molecule has 1 fully saturated rings. The minimum atomic E-state index is -1.00. The van der Waals surface area contributed by atoms with E-state index in [9.17, 15) is 10.1 Å². The number of hydrogen-bond acceptors (Lipinski definition) is 7. The van der Waals surface area contributed by atoms with E-state index in [0.29, 0.717) is 18.9 Å². The van der Waals surface area contributed by atoms with Crippen molar-refractivity contribution in [3.8, 4) is 6.07 Å². The number of carbonyl (C=O) groups is 1. The van der Waals surface area contributed by atoms with Crippen molar-refractivity contribution in [2.45, 2.75) is 53.4 Å². The third-order valence-electron chi connectivity index (χ3n) is 5.06. The van der Waals surface area contributed by atoms with Crippen molar-refractivity contribution >= 4 is 28.2 Å². The van der Waals surface area contributed by atoms with Crippen LogP contribution in [0.15, 0.2) is 6.07 Å². The molecule has 1 atom stereocenters. The molecule has 0 bridgehead atoms. The molecular formula is C20H26N6OS. The van der Waals surface area contributed by atoms with Gasteiger partial charge in [0.05, 0.1) is 17.5 Å². The zero-order valence-corrected chi connectivity index (χ0v) is 17.9. The summed E-state index contributed by atoms with van der Waals surface area (Å²) < 4.78 is 0. The summed E-state index contributed by atoms with van der Waals surface area (Å²) >= 11 is 1.60. The highest BCUT2D eigenvalue weighted by atomic mass is 32.1. The number of nitrogens with one attached hydrogen (secondary N) is 1. The Kier molecular flexibility index (Phi) is 5.66. The van der Waals surface area contributed by atoms with E-state index in [1.807, 2.05) is 26.8 Å². The van der Waals surface area contributed by atoms with Crippen LogP contribution in [0.25, 0.3) is 0 Å². The molecule has 1 unspecified atom stereocenters. The van der Waals surface area contributed by atoms with Gasteiger partial charge in [0.25, 0.3) is 0 Å². The maximum absolute atomic E-state index is 12.7. The number of nitrogens with zero attached hydrogens (tertiary/aromatic N) is 5. The molecule has 0 spiro atoms.